The van der Waals surface area contributed by atoms with Crippen LogP contribution >= 0.6 is 0 Å². The van der Waals surface area contributed by atoms with Gasteiger partial charge in [0.2, 0.25) is 6.41 Å². The van der Waals surface area contributed by atoms with E-state index < -0.39 is 0 Å². The van der Waals surface area contributed by atoms with E-state index in [9.17, 15) is 4.79 Å². The second kappa shape index (κ2) is 5.15. The van der Waals surface area contributed by atoms with Crippen LogP contribution in [0.1, 0.15) is 19.3 Å². The van der Waals surface area contributed by atoms with Gasteiger partial charge in [-0.15, -0.1) is 0 Å². The minimum atomic E-state index is 0.619. The van der Waals surface area contributed by atoms with Crippen molar-refractivity contribution in [3.8, 4) is 0 Å². The third-order valence-corrected chi connectivity index (χ3v) is 4.09. The van der Waals surface area contributed by atoms with Crippen LogP contribution < -0.4 is 0 Å². The molecule has 0 N–H and O–H groups in total. The first-order chi connectivity index (χ1) is 7.70. The van der Waals surface area contributed by atoms with Crippen molar-refractivity contribution in [1.82, 2.24) is 14.7 Å². The molecule has 0 aliphatic carbocycles. The Bertz CT molecular complexity index is 236. The van der Waals surface area contributed by atoms with Gasteiger partial charge in [-0.2, -0.15) is 0 Å². The summed E-state index contributed by atoms with van der Waals surface area (Å²) in [6.45, 7) is 4.28. The van der Waals surface area contributed by atoms with Gasteiger partial charge in [0.05, 0.1) is 0 Å². The van der Waals surface area contributed by atoms with Gasteiger partial charge in [-0.3, -0.25) is 9.69 Å². The summed E-state index contributed by atoms with van der Waals surface area (Å²) in [6, 6.07) is 1.37. The fourth-order valence-corrected chi connectivity index (χ4v) is 2.93. The van der Waals surface area contributed by atoms with Gasteiger partial charge in [0, 0.05) is 25.2 Å². The number of likely N-dealkylation sites (tertiary alicyclic amines) is 2. The molecule has 0 bridgehead atoms. The molecule has 4 nitrogen and oxygen atoms in total. The largest absolute Gasteiger partial charge is 0.344 e. The highest BCUT2D eigenvalue weighted by Crippen LogP contribution is 2.21. The average Bonchev–Trinajstić information content (AvgIpc) is 2.77. The number of carbonyl (C=O) groups is 1. The molecule has 2 aliphatic heterocycles. The first-order valence-electron chi connectivity index (χ1n) is 6.30. The lowest BCUT2D eigenvalue weighted by molar-refractivity contribution is -0.117. The third kappa shape index (κ3) is 2.55. The van der Waals surface area contributed by atoms with Crippen LogP contribution in [0.4, 0.5) is 0 Å². The molecule has 1 atom stereocenters. The molecule has 4 heteroatoms. The van der Waals surface area contributed by atoms with Crippen molar-refractivity contribution in [3.63, 3.8) is 0 Å². The van der Waals surface area contributed by atoms with Gasteiger partial charge >= 0.3 is 0 Å². The third-order valence-electron chi connectivity index (χ3n) is 4.09. The molecule has 2 rings (SSSR count). The van der Waals surface area contributed by atoms with Crippen LogP contribution in [-0.4, -0.2) is 73.5 Å². The molecule has 0 unspecified atom stereocenters. The van der Waals surface area contributed by atoms with Crippen LogP contribution in [0, 0.1) is 0 Å². The van der Waals surface area contributed by atoms with Crippen LogP contribution in [0.25, 0.3) is 0 Å². The van der Waals surface area contributed by atoms with Crippen LogP contribution in [0.3, 0.4) is 0 Å². The highest BCUT2D eigenvalue weighted by Gasteiger charge is 2.30. The summed E-state index contributed by atoms with van der Waals surface area (Å²) < 4.78 is 0. The van der Waals surface area contributed by atoms with Crippen molar-refractivity contribution in [2.45, 2.75) is 31.3 Å². The average molecular weight is 225 g/mol. The molecule has 0 radical (unpaired) electrons. The topological polar surface area (TPSA) is 26.8 Å². The van der Waals surface area contributed by atoms with E-state index in [1.54, 1.807) is 0 Å². The quantitative estimate of drug-likeness (QED) is 0.644. The van der Waals surface area contributed by atoms with E-state index in [0.29, 0.717) is 6.04 Å². The molecule has 2 aliphatic rings. The molecule has 0 aromatic heterocycles. The Labute approximate surface area is 98.2 Å². The van der Waals surface area contributed by atoms with Crippen molar-refractivity contribution < 1.29 is 4.79 Å². The second-order valence-electron chi connectivity index (χ2n) is 5.27. The second-order valence-corrected chi connectivity index (χ2v) is 5.27. The molecule has 92 valence electrons. The van der Waals surface area contributed by atoms with Crippen LogP contribution in [0.5, 0.6) is 0 Å². The summed E-state index contributed by atoms with van der Waals surface area (Å²) in [5.74, 6) is 0. The van der Waals surface area contributed by atoms with E-state index in [4.69, 9.17) is 0 Å². The maximum absolute atomic E-state index is 10.7. The molecular weight excluding hydrogens is 202 g/mol. The van der Waals surface area contributed by atoms with E-state index >= 15 is 0 Å². The van der Waals surface area contributed by atoms with Gasteiger partial charge in [-0.05, 0) is 46.4 Å². The molecule has 2 fully saturated rings. The summed E-state index contributed by atoms with van der Waals surface area (Å²) in [7, 11) is 4.34. The molecule has 0 aromatic rings. The van der Waals surface area contributed by atoms with E-state index in [1.807, 2.05) is 4.90 Å². The summed E-state index contributed by atoms with van der Waals surface area (Å²) >= 11 is 0. The van der Waals surface area contributed by atoms with Gasteiger partial charge in [-0.1, -0.05) is 0 Å². The zero-order valence-electron chi connectivity index (χ0n) is 10.4. The summed E-state index contributed by atoms with van der Waals surface area (Å²) in [5.41, 5.74) is 0. The first kappa shape index (κ1) is 11.9. The van der Waals surface area contributed by atoms with Crippen LogP contribution in [0.15, 0.2) is 0 Å². The number of rotatable bonds is 3. The SMILES string of the molecule is CN(C)C1CCN([C@H]2CCN(C=O)C2)CC1. The lowest BCUT2D eigenvalue weighted by Crippen LogP contribution is -2.47. The molecule has 1 amide bonds. The van der Waals surface area contributed by atoms with Gasteiger partial charge in [-0.25, -0.2) is 0 Å². The highest BCUT2D eigenvalue weighted by atomic mass is 16.1. The number of piperidine rings is 1. The predicted molar refractivity (Wildman–Crippen MR) is 64.3 cm³/mol. The zero-order valence-corrected chi connectivity index (χ0v) is 10.4. The zero-order chi connectivity index (χ0) is 11.5. The molecule has 2 heterocycles. The predicted octanol–water partition coefficient (Wildman–Crippen LogP) is 0.243. The Morgan fingerprint density at radius 1 is 1.12 bits per heavy atom. The molecule has 2 saturated heterocycles. The number of hydrogen-bond acceptors (Lipinski definition) is 3. The van der Waals surface area contributed by atoms with Crippen molar-refractivity contribution in [2.75, 3.05) is 40.3 Å². The number of carbonyl (C=O) groups excluding carboxylic acids is 1. The summed E-state index contributed by atoms with van der Waals surface area (Å²) in [5, 5.41) is 0. The maximum atomic E-state index is 10.7. The highest BCUT2D eigenvalue weighted by molar-refractivity contribution is 5.47. The Kier molecular flexibility index (Phi) is 3.82. The van der Waals surface area contributed by atoms with Crippen molar-refractivity contribution in [3.05, 3.63) is 0 Å². The van der Waals surface area contributed by atoms with E-state index in [0.717, 1.165) is 32.0 Å². The lowest BCUT2D eigenvalue weighted by Gasteiger charge is -2.38. The van der Waals surface area contributed by atoms with Crippen LogP contribution in [-0.2, 0) is 4.79 Å². The molecule has 0 aromatic carbocycles. The molecule has 16 heavy (non-hydrogen) atoms. The normalized spacial score (nSPS) is 28.9. The Morgan fingerprint density at radius 2 is 1.81 bits per heavy atom. The lowest BCUT2D eigenvalue weighted by atomic mass is 10.0. The maximum Gasteiger partial charge on any atom is 0.209 e. The Balaban J connectivity index is 1.79. The Hall–Kier alpha value is -0.610. The smallest absolute Gasteiger partial charge is 0.209 e. The minimum absolute atomic E-state index is 0.619. The molecule has 0 saturated carbocycles. The summed E-state index contributed by atoms with van der Waals surface area (Å²) in [4.78, 5) is 17.5. The fourth-order valence-electron chi connectivity index (χ4n) is 2.93. The van der Waals surface area contributed by atoms with E-state index in [2.05, 4.69) is 23.9 Å². The fraction of sp³-hybridized carbons (Fsp3) is 0.917. The van der Waals surface area contributed by atoms with Gasteiger partial charge in [0.25, 0.3) is 0 Å². The molecular formula is C12H23N3O. The van der Waals surface area contributed by atoms with Crippen molar-refractivity contribution in [1.29, 1.82) is 0 Å². The van der Waals surface area contributed by atoms with E-state index in [1.165, 1.54) is 25.9 Å². The Morgan fingerprint density at radius 3 is 2.31 bits per heavy atom. The number of nitrogens with zero attached hydrogens (tertiary/aromatic N) is 3. The monoisotopic (exact) mass is 225 g/mol. The molecule has 0 spiro atoms. The van der Waals surface area contributed by atoms with Crippen molar-refractivity contribution >= 4 is 6.41 Å². The van der Waals surface area contributed by atoms with Crippen LogP contribution in [0.2, 0.25) is 0 Å². The van der Waals surface area contributed by atoms with Gasteiger partial charge in [0.15, 0.2) is 0 Å². The van der Waals surface area contributed by atoms with Gasteiger partial charge in [0.1, 0.15) is 0 Å². The minimum Gasteiger partial charge on any atom is -0.344 e. The van der Waals surface area contributed by atoms with Crippen molar-refractivity contribution in [2.24, 2.45) is 0 Å². The van der Waals surface area contributed by atoms with E-state index in [-0.39, 0.29) is 0 Å². The van der Waals surface area contributed by atoms with Gasteiger partial charge < -0.3 is 9.80 Å². The standard InChI is InChI=1S/C12H23N3O/c1-13(2)11-4-7-15(8-5-11)12-3-6-14(9-12)10-16/h10-12H,3-9H2,1-2H3/t12-/m0/s1. The first-order valence-corrected chi connectivity index (χ1v) is 6.30. The number of amides is 1. The summed E-state index contributed by atoms with van der Waals surface area (Å²) in [6.07, 6.45) is 4.69. The number of hydrogen-bond donors (Lipinski definition) is 0.